The molecule has 9 heteroatoms. The Morgan fingerprint density at radius 1 is 1.17 bits per heavy atom. The van der Waals surface area contributed by atoms with Crippen LogP contribution in [0.15, 0.2) is 29.2 Å². The van der Waals surface area contributed by atoms with E-state index in [1.807, 2.05) is 0 Å². The van der Waals surface area contributed by atoms with Gasteiger partial charge in [0, 0.05) is 13.1 Å². The van der Waals surface area contributed by atoms with Gasteiger partial charge in [-0.15, -0.1) is 0 Å². The van der Waals surface area contributed by atoms with Crippen LogP contribution < -0.4 is 9.46 Å². The average molecular weight is 427 g/mol. The van der Waals surface area contributed by atoms with Gasteiger partial charge in [-0.25, -0.2) is 8.42 Å². The van der Waals surface area contributed by atoms with E-state index in [1.54, 1.807) is 18.7 Å². The van der Waals surface area contributed by atoms with Gasteiger partial charge in [-0.3, -0.25) is 9.59 Å². The van der Waals surface area contributed by atoms with Gasteiger partial charge in [-0.05, 0) is 48.9 Å². The maximum absolute atomic E-state index is 12.6. The SMILES string of the molecule is COc1ccc(S(=O)(=O)NC(C(=O)OCC(=O)N2CCC(C)CC2)C(C)C)cc1. The smallest absolute Gasteiger partial charge is 0.324 e. The highest BCUT2D eigenvalue weighted by Gasteiger charge is 2.31. The maximum Gasteiger partial charge on any atom is 0.324 e. The Hall–Kier alpha value is -2.13. The number of carbonyl (C=O) groups is 2. The van der Waals surface area contributed by atoms with E-state index in [9.17, 15) is 18.0 Å². The maximum atomic E-state index is 12.6. The van der Waals surface area contributed by atoms with Crippen LogP contribution in [0, 0.1) is 11.8 Å². The summed E-state index contributed by atoms with van der Waals surface area (Å²) in [5.41, 5.74) is 0. The van der Waals surface area contributed by atoms with E-state index in [2.05, 4.69) is 11.6 Å². The molecule has 0 spiro atoms. The summed E-state index contributed by atoms with van der Waals surface area (Å²) in [6.45, 7) is 6.46. The van der Waals surface area contributed by atoms with Gasteiger partial charge in [0.2, 0.25) is 10.0 Å². The largest absolute Gasteiger partial charge is 0.497 e. The number of ether oxygens (including phenoxy) is 2. The lowest BCUT2D eigenvalue weighted by molar-refractivity contribution is -0.154. The molecule has 1 fully saturated rings. The van der Waals surface area contributed by atoms with Crippen LogP contribution in [-0.2, 0) is 24.3 Å². The normalized spacial score (nSPS) is 16.5. The molecule has 0 aliphatic carbocycles. The summed E-state index contributed by atoms with van der Waals surface area (Å²) in [5.74, 6) is -0.281. The summed E-state index contributed by atoms with van der Waals surface area (Å²) in [6.07, 6.45) is 1.85. The van der Waals surface area contributed by atoms with E-state index in [0.717, 1.165) is 12.8 Å². The lowest BCUT2D eigenvalue weighted by atomic mass is 9.99. The highest BCUT2D eigenvalue weighted by atomic mass is 32.2. The summed E-state index contributed by atoms with van der Waals surface area (Å²) in [4.78, 5) is 26.4. The molecule has 1 aliphatic rings. The van der Waals surface area contributed by atoms with Gasteiger partial charge in [0.15, 0.2) is 6.61 Å². The van der Waals surface area contributed by atoms with Crippen LogP contribution in [0.2, 0.25) is 0 Å². The van der Waals surface area contributed by atoms with Gasteiger partial charge in [0.05, 0.1) is 12.0 Å². The molecule has 1 saturated heterocycles. The molecule has 0 saturated carbocycles. The first-order valence-corrected chi connectivity index (χ1v) is 11.2. The number of hydrogen-bond donors (Lipinski definition) is 1. The first-order chi connectivity index (χ1) is 13.6. The minimum atomic E-state index is -3.94. The van der Waals surface area contributed by atoms with Crippen molar-refractivity contribution in [3.63, 3.8) is 0 Å². The molecular formula is C20H30N2O6S. The fourth-order valence-electron chi connectivity index (χ4n) is 3.02. The highest BCUT2D eigenvalue weighted by Crippen LogP contribution is 2.18. The van der Waals surface area contributed by atoms with E-state index >= 15 is 0 Å². The van der Waals surface area contributed by atoms with Gasteiger partial charge >= 0.3 is 5.97 Å². The van der Waals surface area contributed by atoms with Crippen LogP contribution in [0.4, 0.5) is 0 Å². The number of benzene rings is 1. The molecule has 2 rings (SSSR count). The zero-order chi connectivity index (χ0) is 21.6. The van der Waals surface area contributed by atoms with Crippen LogP contribution in [-0.4, -0.2) is 58.0 Å². The van der Waals surface area contributed by atoms with Crippen LogP contribution in [0.1, 0.15) is 33.6 Å². The number of hydrogen-bond acceptors (Lipinski definition) is 6. The van der Waals surface area contributed by atoms with E-state index in [4.69, 9.17) is 9.47 Å². The molecule has 1 atom stereocenters. The zero-order valence-corrected chi connectivity index (χ0v) is 18.2. The van der Waals surface area contributed by atoms with Crippen LogP contribution in [0.5, 0.6) is 5.75 Å². The number of esters is 1. The molecule has 0 bridgehead atoms. The lowest BCUT2D eigenvalue weighted by Gasteiger charge is -2.30. The molecule has 162 valence electrons. The topological polar surface area (TPSA) is 102 Å². The van der Waals surface area contributed by atoms with E-state index in [1.165, 1.54) is 31.4 Å². The second-order valence-electron chi connectivity index (χ2n) is 7.69. The van der Waals surface area contributed by atoms with Crippen molar-refractivity contribution in [1.82, 2.24) is 9.62 Å². The van der Waals surface area contributed by atoms with Crippen LogP contribution in [0.25, 0.3) is 0 Å². The van der Waals surface area contributed by atoms with Crippen molar-refractivity contribution >= 4 is 21.9 Å². The predicted molar refractivity (Wildman–Crippen MR) is 108 cm³/mol. The van der Waals surface area contributed by atoms with E-state index in [0.29, 0.717) is 24.8 Å². The van der Waals surface area contributed by atoms with Crippen LogP contribution in [0.3, 0.4) is 0 Å². The molecule has 1 amide bonds. The molecule has 1 heterocycles. The fraction of sp³-hybridized carbons (Fsp3) is 0.600. The standard InChI is InChI=1S/C20H30N2O6S/c1-14(2)19(21-29(25,26)17-7-5-16(27-4)6-8-17)20(24)28-13-18(23)22-11-9-15(3)10-12-22/h5-8,14-15,19,21H,9-13H2,1-4H3. The van der Waals surface area contributed by atoms with Gasteiger partial charge in [0.25, 0.3) is 5.91 Å². The van der Waals surface area contributed by atoms with Crippen molar-refractivity contribution in [2.45, 2.75) is 44.6 Å². The van der Waals surface area contributed by atoms with Crippen molar-refractivity contribution in [2.24, 2.45) is 11.8 Å². The van der Waals surface area contributed by atoms with Gasteiger partial charge in [-0.1, -0.05) is 20.8 Å². The Bertz CT molecular complexity index is 799. The molecule has 0 aromatic heterocycles. The Balaban J connectivity index is 1.98. The summed E-state index contributed by atoms with van der Waals surface area (Å²) >= 11 is 0. The van der Waals surface area contributed by atoms with E-state index in [-0.39, 0.29) is 23.3 Å². The zero-order valence-electron chi connectivity index (χ0n) is 17.4. The number of nitrogens with zero attached hydrogens (tertiary/aromatic N) is 1. The molecule has 1 aromatic carbocycles. The lowest BCUT2D eigenvalue weighted by Crippen LogP contribution is -2.46. The number of carbonyl (C=O) groups excluding carboxylic acids is 2. The Morgan fingerprint density at radius 3 is 2.28 bits per heavy atom. The number of methoxy groups -OCH3 is 1. The molecule has 29 heavy (non-hydrogen) atoms. The first-order valence-electron chi connectivity index (χ1n) is 9.75. The minimum Gasteiger partial charge on any atom is -0.497 e. The monoisotopic (exact) mass is 426 g/mol. The minimum absolute atomic E-state index is 0.00950. The van der Waals surface area contributed by atoms with Gasteiger partial charge in [0.1, 0.15) is 11.8 Å². The number of likely N-dealkylation sites (tertiary alicyclic amines) is 1. The third-order valence-corrected chi connectivity index (χ3v) is 6.50. The molecule has 8 nitrogen and oxygen atoms in total. The molecule has 1 N–H and O–H groups in total. The second-order valence-corrected chi connectivity index (χ2v) is 9.40. The Labute approximate surface area is 172 Å². The first kappa shape index (κ1) is 23.2. The Kier molecular flexibility index (Phi) is 8.04. The summed E-state index contributed by atoms with van der Waals surface area (Å²) in [6, 6.07) is 4.73. The van der Waals surface area contributed by atoms with Crippen molar-refractivity contribution in [2.75, 3.05) is 26.8 Å². The number of piperidine rings is 1. The highest BCUT2D eigenvalue weighted by molar-refractivity contribution is 7.89. The third kappa shape index (κ3) is 6.43. The van der Waals surface area contributed by atoms with Crippen molar-refractivity contribution in [1.29, 1.82) is 0 Å². The van der Waals surface area contributed by atoms with E-state index < -0.39 is 22.0 Å². The molecule has 1 aromatic rings. The second kappa shape index (κ2) is 10.1. The quantitative estimate of drug-likeness (QED) is 0.636. The number of rotatable bonds is 8. The summed E-state index contributed by atoms with van der Waals surface area (Å²) in [5, 5.41) is 0. The number of sulfonamides is 1. The Morgan fingerprint density at radius 2 is 1.76 bits per heavy atom. The molecule has 0 radical (unpaired) electrons. The number of nitrogens with one attached hydrogen (secondary N) is 1. The van der Waals surface area contributed by atoms with Gasteiger partial charge < -0.3 is 14.4 Å². The van der Waals surface area contributed by atoms with Crippen LogP contribution >= 0.6 is 0 Å². The van der Waals surface area contributed by atoms with Gasteiger partial charge in [-0.2, -0.15) is 4.72 Å². The predicted octanol–water partition coefficient (Wildman–Crippen LogP) is 1.80. The average Bonchev–Trinajstić information content (AvgIpc) is 2.70. The number of amides is 1. The molecular weight excluding hydrogens is 396 g/mol. The summed E-state index contributed by atoms with van der Waals surface area (Å²) in [7, 11) is -2.46. The van der Waals surface area contributed by atoms with Crippen molar-refractivity contribution in [3.8, 4) is 5.75 Å². The summed E-state index contributed by atoms with van der Waals surface area (Å²) < 4.78 is 37.8. The van der Waals surface area contributed by atoms with Crippen molar-refractivity contribution in [3.05, 3.63) is 24.3 Å². The molecule has 1 unspecified atom stereocenters. The van der Waals surface area contributed by atoms with Crippen molar-refractivity contribution < 1.29 is 27.5 Å². The fourth-order valence-corrected chi connectivity index (χ4v) is 4.35. The molecule has 1 aliphatic heterocycles. The third-order valence-electron chi connectivity index (χ3n) is 5.05.